The monoisotopic (exact) mass is 339 g/mol. The third-order valence-corrected chi connectivity index (χ3v) is 3.57. The van der Waals surface area contributed by atoms with Crippen LogP contribution in [0.3, 0.4) is 0 Å². The maximum Gasteiger partial charge on any atom is 0.352 e. The Bertz CT molecular complexity index is 571. The molecule has 0 saturated heterocycles. The van der Waals surface area contributed by atoms with Gasteiger partial charge >= 0.3 is 5.97 Å². The van der Waals surface area contributed by atoms with Crippen LogP contribution < -0.4 is 5.32 Å². The number of allylic oxidation sites excluding steroid dienone is 1. The Morgan fingerprint density at radius 1 is 1.30 bits per heavy atom. The molecule has 0 heterocycles. The van der Waals surface area contributed by atoms with Crippen molar-refractivity contribution in [3.63, 3.8) is 0 Å². The third kappa shape index (κ3) is 4.49. The van der Waals surface area contributed by atoms with E-state index in [1.54, 1.807) is 26.8 Å². The minimum atomic E-state index is -1.16. The Kier molecular flexibility index (Phi) is 5.11. The summed E-state index contributed by atoms with van der Waals surface area (Å²) in [6, 6.07) is 5.38. The summed E-state index contributed by atoms with van der Waals surface area (Å²) in [7, 11) is 0. The van der Waals surface area contributed by atoms with Crippen molar-refractivity contribution >= 4 is 33.4 Å². The maximum atomic E-state index is 11.9. The molecule has 0 aliphatic heterocycles. The van der Waals surface area contributed by atoms with Gasteiger partial charge in [0.05, 0.1) is 0 Å². The number of anilines is 1. The van der Waals surface area contributed by atoms with E-state index in [0.29, 0.717) is 5.69 Å². The van der Waals surface area contributed by atoms with Crippen LogP contribution in [0.15, 0.2) is 34.4 Å². The number of hydrogen-bond acceptors (Lipinski definition) is 3. The molecule has 108 valence electrons. The molecule has 0 radical (unpaired) electrons. The zero-order valence-electron chi connectivity index (χ0n) is 12.0. The topological polar surface area (TPSA) is 66.4 Å². The Morgan fingerprint density at radius 3 is 2.35 bits per heavy atom. The van der Waals surface area contributed by atoms with Crippen LogP contribution in [-0.4, -0.2) is 16.9 Å². The summed E-state index contributed by atoms with van der Waals surface area (Å²) >= 11 is 3.38. The Morgan fingerprint density at radius 2 is 1.90 bits per heavy atom. The quantitative estimate of drug-likeness (QED) is 0.819. The second-order valence-electron chi connectivity index (χ2n) is 5.57. The molecule has 0 spiro atoms. The highest BCUT2D eigenvalue weighted by Crippen LogP contribution is 2.22. The average molecular weight is 340 g/mol. The van der Waals surface area contributed by atoms with Crippen LogP contribution >= 0.6 is 15.9 Å². The lowest BCUT2D eigenvalue weighted by molar-refractivity contribution is -0.133. The molecule has 0 amide bonds. The molecule has 0 aliphatic rings. The van der Waals surface area contributed by atoms with Gasteiger partial charge in [-0.2, -0.15) is 0 Å². The Hall–Kier alpha value is -1.62. The van der Waals surface area contributed by atoms with Gasteiger partial charge in [0.15, 0.2) is 5.78 Å². The van der Waals surface area contributed by atoms with Gasteiger partial charge in [-0.25, -0.2) is 4.79 Å². The first-order valence-corrected chi connectivity index (χ1v) is 6.93. The van der Waals surface area contributed by atoms with Crippen LogP contribution in [0, 0.1) is 12.3 Å². The predicted octanol–water partition coefficient (Wildman–Crippen LogP) is 3.75. The highest BCUT2D eigenvalue weighted by molar-refractivity contribution is 9.10. The minimum Gasteiger partial charge on any atom is -0.477 e. The molecule has 4 nitrogen and oxygen atoms in total. The number of carbonyl (C=O) groups excluding carboxylic acids is 1. The molecule has 0 unspecified atom stereocenters. The van der Waals surface area contributed by atoms with E-state index < -0.39 is 11.4 Å². The first-order chi connectivity index (χ1) is 9.11. The molecule has 1 rings (SSSR count). The van der Waals surface area contributed by atoms with Crippen LogP contribution in [0.4, 0.5) is 5.69 Å². The smallest absolute Gasteiger partial charge is 0.352 e. The summed E-state index contributed by atoms with van der Waals surface area (Å²) in [6.07, 6.45) is 1.14. The van der Waals surface area contributed by atoms with E-state index in [4.69, 9.17) is 0 Å². The largest absolute Gasteiger partial charge is 0.477 e. The third-order valence-electron chi connectivity index (χ3n) is 2.68. The van der Waals surface area contributed by atoms with E-state index in [-0.39, 0.29) is 11.5 Å². The fraction of sp³-hybridized carbons (Fsp3) is 0.333. The van der Waals surface area contributed by atoms with Crippen molar-refractivity contribution in [2.24, 2.45) is 5.41 Å². The van der Waals surface area contributed by atoms with Crippen LogP contribution in [0.5, 0.6) is 0 Å². The van der Waals surface area contributed by atoms with Gasteiger partial charge in [0.2, 0.25) is 0 Å². The summed E-state index contributed by atoms with van der Waals surface area (Å²) in [5.41, 5.74) is 0.854. The van der Waals surface area contributed by atoms with Crippen molar-refractivity contribution in [3.8, 4) is 0 Å². The Labute approximate surface area is 127 Å². The summed E-state index contributed by atoms with van der Waals surface area (Å²) in [5.74, 6) is -1.40. The van der Waals surface area contributed by atoms with Crippen molar-refractivity contribution in [1.29, 1.82) is 0 Å². The van der Waals surface area contributed by atoms with Crippen LogP contribution in [0.2, 0.25) is 0 Å². The second kappa shape index (κ2) is 6.22. The number of benzene rings is 1. The minimum absolute atomic E-state index is 0.133. The number of rotatable bonds is 4. The second-order valence-corrected chi connectivity index (χ2v) is 6.42. The fourth-order valence-electron chi connectivity index (χ4n) is 1.38. The van der Waals surface area contributed by atoms with E-state index in [9.17, 15) is 14.7 Å². The van der Waals surface area contributed by atoms with Crippen LogP contribution in [-0.2, 0) is 9.59 Å². The fourth-order valence-corrected chi connectivity index (χ4v) is 1.62. The average Bonchev–Trinajstić information content (AvgIpc) is 2.31. The lowest BCUT2D eigenvalue weighted by atomic mass is 9.90. The van der Waals surface area contributed by atoms with Gasteiger partial charge in [-0.1, -0.05) is 36.7 Å². The maximum absolute atomic E-state index is 11.9. The normalized spacial score (nSPS) is 12.2. The molecule has 1 aromatic rings. The van der Waals surface area contributed by atoms with Crippen molar-refractivity contribution in [2.45, 2.75) is 27.7 Å². The van der Waals surface area contributed by atoms with E-state index in [1.165, 1.54) is 0 Å². The molecule has 0 bridgehead atoms. The van der Waals surface area contributed by atoms with Crippen molar-refractivity contribution in [3.05, 3.63) is 40.0 Å². The van der Waals surface area contributed by atoms with Crippen LogP contribution in [0.25, 0.3) is 0 Å². The first kappa shape index (κ1) is 16.4. The van der Waals surface area contributed by atoms with E-state index >= 15 is 0 Å². The number of hydrogen-bond donors (Lipinski definition) is 2. The number of carboxylic acids is 1. The van der Waals surface area contributed by atoms with Gasteiger partial charge < -0.3 is 10.4 Å². The first-order valence-electron chi connectivity index (χ1n) is 6.14. The lowest BCUT2D eigenvalue weighted by Crippen LogP contribution is -2.21. The summed E-state index contributed by atoms with van der Waals surface area (Å²) in [5, 5.41) is 12.0. The molecule has 0 aliphatic carbocycles. The number of ketones is 1. The molecular weight excluding hydrogens is 322 g/mol. The zero-order valence-corrected chi connectivity index (χ0v) is 13.5. The SMILES string of the molecule is Cc1cc(N/C(=C\C(=O)C(C)(C)C)C(=O)O)ccc1Br. The summed E-state index contributed by atoms with van der Waals surface area (Å²) in [6.45, 7) is 7.14. The van der Waals surface area contributed by atoms with E-state index in [1.807, 2.05) is 19.1 Å². The number of aliphatic carboxylic acids is 1. The molecule has 2 N–H and O–H groups in total. The molecule has 1 aromatic carbocycles. The van der Waals surface area contributed by atoms with Crippen molar-refractivity contribution < 1.29 is 14.7 Å². The molecule has 0 saturated carbocycles. The predicted molar refractivity (Wildman–Crippen MR) is 82.7 cm³/mol. The molecular formula is C15H18BrNO3. The van der Waals surface area contributed by atoms with Crippen molar-refractivity contribution in [1.82, 2.24) is 0 Å². The molecule has 5 heteroatoms. The van der Waals surface area contributed by atoms with Gasteiger partial charge in [-0.3, -0.25) is 4.79 Å². The standard InChI is InChI=1S/C15H18BrNO3/c1-9-7-10(5-6-11(9)16)17-12(14(19)20)8-13(18)15(2,3)4/h5-8,17H,1-4H3,(H,19,20)/b12-8-. The molecule has 0 fully saturated rings. The summed E-state index contributed by atoms with van der Waals surface area (Å²) in [4.78, 5) is 23.1. The number of carboxylic acid groups (broad SMARTS) is 1. The number of nitrogens with one attached hydrogen (secondary N) is 1. The highest BCUT2D eigenvalue weighted by Gasteiger charge is 2.21. The van der Waals surface area contributed by atoms with Gasteiger partial charge in [0.1, 0.15) is 5.70 Å². The number of aryl methyl sites for hydroxylation is 1. The van der Waals surface area contributed by atoms with Gasteiger partial charge in [-0.15, -0.1) is 0 Å². The van der Waals surface area contributed by atoms with Gasteiger partial charge in [0.25, 0.3) is 0 Å². The van der Waals surface area contributed by atoms with Crippen LogP contribution in [0.1, 0.15) is 26.3 Å². The molecule has 20 heavy (non-hydrogen) atoms. The van der Waals surface area contributed by atoms with Crippen molar-refractivity contribution in [2.75, 3.05) is 5.32 Å². The number of halogens is 1. The van der Waals surface area contributed by atoms with Gasteiger partial charge in [0, 0.05) is 21.7 Å². The van der Waals surface area contributed by atoms with E-state index in [0.717, 1.165) is 16.1 Å². The Balaban J connectivity index is 3.04. The van der Waals surface area contributed by atoms with E-state index in [2.05, 4.69) is 21.2 Å². The van der Waals surface area contributed by atoms with Gasteiger partial charge in [-0.05, 0) is 30.7 Å². The molecule has 0 aromatic heterocycles. The molecule has 0 atom stereocenters. The lowest BCUT2D eigenvalue weighted by Gasteiger charge is -2.15. The zero-order chi connectivity index (χ0) is 15.5. The summed E-state index contributed by atoms with van der Waals surface area (Å²) < 4.78 is 0.940. The highest BCUT2D eigenvalue weighted by atomic mass is 79.9. The number of carbonyl (C=O) groups is 2.